The van der Waals surface area contributed by atoms with Crippen molar-refractivity contribution in [1.29, 1.82) is 0 Å². The summed E-state index contributed by atoms with van der Waals surface area (Å²) in [6.45, 7) is 2.16. The van der Waals surface area contributed by atoms with E-state index < -0.39 is 0 Å². The van der Waals surface area contributed by atoms with Crippen LogP contribution in [0.2, 0.25) is 0 Å². The van der Waals surface area contributed by atoms with E-state index in [-0.39, 0.29) is 12.3 Å². The van der Waals surface area contributed by atoms with Gasteiger partial charge in [-0.25, -0.2) is 0 Å². The lowest BCUT2D eigenvalue weighted by Crippen LogP contribution is -2.54. The largest absolute Gasteiger partial charge is 0.344 e. The molecule has 2 aliphatic heterocycles. The number of hydrogen-bond acceptors (Lipinski definition) is 4. The molecule has 2 rings (SSSR count). The average Bonchev–Trinajstić information content (AvgIpc) is 2.34. The number of hydrogen-bond donors (Lipinski definition) is 2. The third-order valence-corrected chi connectivity index (χ3v) is 2.01. The molecular weight excluding hydrogens is 128 g/mol. The normalized spacial score (nSPS) is 38.3. The molecule has 0 radical (unpaired) electrons. The van der Waals surface area contributed by atoms with Gasteiger partial charge in [-0.3, -0.25) is 10.3 Å². The van der Waals surface area contributed by atoms with Gasteiger partial charge in [0.05, 0.1) is 6.34 Å². The number of fused-ring (bicyclic) bond motifs is 1. The Hall–Kier alpha value is -0.610. The Morgan fingerprint density at radius 1 is 1.70 bits per heavy atom. The second-order valence-corrected chi connectivity index (χ2v) is 2.75. The Bertz CT molecular complexity index is 156. The van der Waals surface area contributed by atoms with Gasteiger partial charge in [-0.1, -0.05) is 0 Å². The molecule has 4 heteroatoms. The summed E-state index contributed by atoms with van der Waals surface area (Å²) in [7, 11) is 0. The first-order valence-corrected chi connectivity index (χ1v) is 3.66. The van der Waals surface area contributed by atoms with Gasteiger partial charge in [0, 0.05) is 6.54 Å². The summed E-state index contributed by atoms with van der Waals surface area (Å²) >= 11 is 0. The summed E-state index contributed by atoms with van der Waals surface area (Å²) in [6, 6.07) is 0. The van der Waals surface area contributed by atoms with Crippen LogP contribution in [0.5, 0.6) is 0 Å². The highest BCUT2D eigenvalue weighted by Gasteiger charge is 2.28. The van der Waals surface area contributed by atoms with Gasteiger partial charge in [0.1, 0.15) is 12.3 Å². The lowest BCUT2D eigenvalue weighted by molar-refractivity contribution is 0.219. The Morgan fingerprint density at radius 2 is 2.60 bits per heavy atom. The summed E-state index contributed by atoms with van der Waals surface area (Å²) in [6.07, 6.45) is 3.26. The lowest BCUT2D eigenvalue weighted by Gasteiger charge is -2.31. The highest BCUT2D eigenvalue weighted by molar-refractivity contribution is 5.58. The number of aliphatic imine (C=N–C) groups is 1. The highest BCUT2D eigenvalue weighted by Crippen LogP contribution is 2.10. The van der Waals surface area contributed by atoms with Crippen LogP contribution in [0.25, 0.3) is 0 Å². The van der Waals surface area contributed by atoms with E-state index in [1.54, 1.807) is 0 Å². The minimum Gasteiger partial charge on any atom is -0.344 e. The quantitative estimate of drug-likeness (QED) is 0.450. The minimum absolute atomic E-state index is 0.0553. The van der Waals surface area contributed by atoms with Crippen molar-refractivity contribution >= 4 is 6.34 Å². The second kappa shape index (κ2) is 2.21. The fourth-order valence-corrected chi connectivity index (χ4v) is 1.46. The first kappa shape index (κ1) is 6.12. The summed E-state index contributed by atoms with van der Waals surface area (Å²) in [5, 5.41) is 3.31. The van der Waals surface area contributed by atoms with E-state index in [4.69, 9.17) is 5.73 Å². The van der Waals surface area contributed by atoms with Crippen molar-refractivity contribution < 1.29 is 0 Å². The van der Waals surface area contributed by atoms with Gasteiger partial charge in [0.25, 0.3) is 0 Å². The predicted octanol–water partition coefficient (Wildman–Crippen LogP) is -1.07. The van der Waals surface area contributed by atoms with E-state index in [2.05, 4.69) is 15.2 Å². The van der Waals surface area contributed by atoms with Gasteiger partial charge >= 0.3 is 0 Å². The van der Waals surface area contributed by atoms with Crippen LogP contribution in [0.15, 0.2) is 4.99 Å². The van der Waals surface area contributed by atoms with Gasteiger partial charge in [0.2, 0.25) is 0 Å². The van der Waals surface area contributed by atoms with Crippen LogP contribution in [-0.2, 0) is 0 Å². The van der Waals surface area contributed by atoms with Crippen LogP contribution < -0.4 is 11.1 Å². The fourth-order valence-electron chi connectivity index (χ4n) is 1.46. The first-order valence-electron chi connectivity index (χ1n) is 3.66. The molecule has 56 valence electrons. The van der Waals surface area contributed by atoms with E-state index in [1.165, 1.54) is 6.42 Å². The molecule has 0 aromatic carbocycles. The summed E-state index contributed by atoms with van der Waals surface area (Å²) in [4.78, 5) is 6.26. The van der Waals surface area contributed by atoms with Gasteiger partial charge < -0.3 is 10.6 Å². The van der Waals surface area contributed by atoms with Gasteiger partial charge in [-0.15, -0.1) is 0 Å². The Kier molecular flexibility index (Phi) is 1.35. The maximum Gasteiger partial charge on any atom is 0.133 e. The van der Waals surface area contributed by atoms with E-state index in [0.717, 1.165) is 13.1 Å². The summed E-state index contributed by atoms with van der Waals surface area (Å²) in [5.41, 5.74) is 5.69. The van der Waals surface area contributed by atoms with Crippen molar-refractivity contribution in [3.05, 3.63) is 0 Å². The molecule has 0 aliphatic carbocycles. The lowest BCUT2D eigenvalue weighted by atomic mass is 10.2. The van der Waals surface area contributed by atoms with Crippen LogP contribution >= 0.6 is 0 Å². The molecule has 3 N–H and O–H groups in total. The molecule has 10 heavy (non-hydrogen) atoms. The summed E-state index contributed by atoms with van der Waals surface area (Å²) in [5.74, 6) is 0. The fraction of sp³-hybridized carbons (Fsp3) is 0.833. The van der Waals surface area contributed by atoms with Gasteiger partial charge in [0.15, 0.2) is 0 Å². The number of nitrogens with two attached hydrogens (primary N) is 1. The molecule has 1 fully saturated rings. The van der Waals surface area contributed by atoms with Crippen LogP contribution in [0.4, 0.5) is 0 Å². The second-order valence-electron chi connectivity index (χ2n) is 2.75. The van der Waals surface area contributed by atoms with Crippen molar-refractivity contribution in [2.75, 3.05) is 13.1 Å². The number of nitrogens with zero attached hydrogens (tertiary/aromatic N) is 2. The van der Waals surface area contributed by atoms with Crippen molar-refractivity contribution in [2.45, 2.75) is 18.8 Å². The smallest absolute Gasteiger partial charge is 0.133 e. The molecule has 0 bridgehead atoms. The monoisotopic (exact) mass is 140 g/mol. The SMILES string of the molecule is NC1N=CN2CCCNC12. The van der Waals surface area contributed by atoms with Crippen LogP contribution in [0, 0.1) is 0 Å². The number of nitrogens with one attached hydrogen (secondary N) is 1. The predicted molar refractivity (Wildman–Crippen MR) is 39.6 cm³/mol. The molecule has 0 spiro atoms. The Balaban J connectivity index is 2.07. The third-order valence-electron chi connectivity index (χ3n) is 2.01. The average molecular weight is 140 g/mol. The maximum atomic E-state index is 5.69. The molecule has 0 aromatic rings. The standard InChI is InChI=1S/C6H12N4/c7-5-6-8-2-1-3-10(6)4-9-5/h4-6,8H,1-3,7H2. The Morgan fingerprint density at radius 3 is 3.40 bits per heavy atom. The van der Waals surface area contributed by atoms with Crippen molar-refractivity contribution in [3.63, 3.8) is 0 Å². The molecular formula is C6H12N4. The molecule has 2 unspecified atom stereocenters. The zero-order chi connectivity index (χ0) is 6.97. The molecule has 0 amide bonds. The highest BCUT2D eigenvalue weighted by atomic mass is 15.4. The molecule has 2 aliphatic rings. The van der Waals surface area contributed by atoms with Crippen LogP contribution in [0.3, 0.4) is 0 Å². The molecule has 0 saturated carbocycles. The van der Waals surface area contributed by atoms with Crippen molar-refractivity contribution in [2.24, 2.45) is 10.7 Å². The van der Waals surface area contributed by atoms with E-state index in [1.807, 2.05) is 6.34 Å². The van der Waals surface area contributed by atoms with Crippen LogP contribution in [-0.4, -0.2) is 36.7 Å². The topological polar surface area (TPSA) is 53.6 Å². The van der Waals surface area contributed by atoms with Crippen molar-refractivity contribution in [1.82, 2.24) is 10.2 Å². The minimum atomic E-state index is -0.0553. The molecule has 4 nitrogen and oxygen atoms in total. The Labute approximate surface area is 60.1 Å². The number of rotatable bonds is 0. The zero-order valence-electron chi connectivity index (χ0n) is 5.83. The third kappa shape index (κ3) is 0.803. The molecule has 1 saturated heterocycles. The van der Waals surface area contributed by atoms with E-state index in [9.17, 15) is 0 Å². The molecule has 0 aromatic heterocycles. The molecule has 2 atom stereocenters. The maximum absolute atomic E-state index is 5.69. The van der Waals surface area contributed by atoms with E-state index >= 15 is 0 Å². The summed E-state index contributed by atoms with van der Waals surface area (Å²) < 4.78 is 0. The first-order chi connectivity index (χ1) is 4.88. The molecule has 2 heterocycles. The van der Waals surface area contributed by atoms with Crippen molar-refractivity contribution in [3.8, 4) is 0 Å². The van der Waals surface area contributed by atoms with E-state index in [0.29, 0.717) is 0 Å². The van der Waals surface area contributed by atoms with Crippen LogP contribution in [0.1, 0.15) is 6.42 Å². The van der Waals surface area contributed by atoms with Gasteiger partial charge in [-0.2, -0.15) is 0 Å². The van der Waals surface area contributed by atoms with Gasteiger partial charge in [-0.05, 0) is 13.0 Å². The zero-order valence-corrected chi connectivity index (χ0v) is 5.83.